The summed E-state index contributed by atoms with van der Waals surface area (Å²) < 4.78 is 34.0. The van der Waals surface area contributed by atoms with Crippen LogP contribution in [0.3, 0.4) is 0 Å². The van der Waals surface area contributed by atoms with Crippen LogP contribution in [-0.4, -0.2) is 42.1 Å². The zero-order chi connectivity index (χ0) is 22.1. The number of anilines is 1. The molecule has 7 nitrogen and oxygen atoms in total. The number of nitrogens with one attached hydrogen (secondary N) is 1. The third-order valence-electron chi connectivity index (χ3n) is 5.51. The molecule has 0 spiro atoms. The third kappa shape index (κ3) is 4.07. The maximum Gasteiger partial charge on any atom is 0.284 e. The fourth-order valence-corrected chi connectivity index (χ4v) is 4.95. The second kappa shape index (κ2) is 9.09. The van der Waals surface area contributed by atoms with Crippen LogP contribution >= 0.6 is 22.9 Å². The van der Waals surface area contributed by atoms with Gasteiger partial charge in [-0.1, -0.05) is 17.7 Å². The van der Waals surface area contributed by atoms with Crippen LogP contribution in [0.2, 0.25) is 4.34 Å². The van der Waals surface area contributed by atoms with Crippen LogP contribution < -0.4 is 14.8 Å². The summed E-state index contributed by atoms with van der Waals surface area (Å²) in [6.07, 6.45) is 1.31. The van der Waals surface area contributed by atoms with Gasteiger partial charge >= 0.3 is 0 Å². The van der Waals surface area contributed by atoms with Gasteiger partial charge in [-0.3, -0.25) is 4.79 Å². The summed E-state index contributed by atoms with van der Waals surface area (Å²) >= 11 is 7.41. The molecule has 0 aliphatic carbocycles. The van der Waals surface area contributed by atoms with Crippen LogP contribution in [0.4, 0.5) is 10.2 Å². The van der Waals surface area contributed by atoms with Crippen molar-refractivity contribution < 1.29 is 23.4 Å². The molecule has 0 bridgehead atoms. The number of halogens is 2. The summed E-state index contributed by atoms with van der Waals surface area (Å²) in [5, 5.41) is 7.49. The van der Waals surface area contributed by atoms with Crippen molar-refractivity contribution >= 4 is 34.7 Å². The largest absolute Gasteiger partial charge is 0.486 e. The van der Waals surface area contributed by atoms with Gasteiger partial charge in [0.1, 0.15) is 18.9 Å². The summed E-state index contributed by atoms with van der Waals surface area (Å²) in [5.41, 5.74) is 0.542. The summed E-state index contributed by atoms with van der Waals surface area (Å²) in [7, 11) is 0. The van der Waals surface area contributed by atoms with Gasteiger partial charge in [-0.25, -0.2) is 4.39 Å². The minimum Gasteiger partial charge on any atom is -0.486 e. The van der Waals surface area contributed by atoms with E-state index in [1.54, 1.807) is 24.3 Å². The van der Waals surface area contributed by atoms with Crippen LogP contribution in [0.5, 0.6) is 11.5 Å². The Hall–Kier alpha value is -2.62. The lowest BCUT2D eigenvalue weighted by molar-refractivity contribution is 0.0834. The average Bonchev–Trinajstić information content (AvgIpc) is 3.40. The molecule has 1 N–H and O–H groups in total. The molecular weight excluding hydrogens is 457 g/mol. The van der Waals surface area contributed by atoms with Crippen LogP contribution in [0.15, 0.2) is 30.3 Å². The predicted octanol–water partition coefficient (Wildman–Crippen LogP) is 4.70. The van der Waals surface area contributed by atoms with E-state index in [2.05, 4.69) is 10.4 Å². The number of aromatic nitrogens is 2. The van der Waals surface area contributed by atoms with E-state index in [1.165, 1.54) is 11.3 Å². The van der Waals surface area contributed by atoms with Crippen molar-refractivity contribution in [1.29, 1.82) is 0 Å². The zero-order valence-corrected chi connectivity index (χ0v) is 18.7. The smallest absolute Gasteiger partial charge is 0.284 e. The lowest BCUT2D eigenvalue weighted by atomic mass is 9.96. The molecule has 4 heterocycles. The number of thiophene rings is 1. The first kappa shape index (κ1) is 21.2. The quantitative estimate of drug-likeness (QED) is 0.574. The molecule has 2 aliphatic heterocycles. The van der Waals surface area contributed by atoms with Crippen LogP contribution in [0.1, 0.15) is 39.7 Å². The van der Waals surface area contributed by atoms with Crippen LogP contribution in [0.25, 0.3) is 0 Å². The third-order valence-corrected chi connectivity index (χ3v) is 6.74. The normalized spacial score (nSPS) is 16.2. The lowest BCUT2D eigenvalue weighted by Gasteiger charge is -2.20. The van der Waals surface area contributed by atoms with E-state index in [0.717, 1.165) is 9.56 Å². The second-order valence-electron chi connectivity index (χ2n) is 7.54. The molecule has 0 radical (unpaired) electrons. The molecule has 1 aromatic carbocycles. The van der Waals surface area contributed by atoms with Gasteiger partial charge in [0, 0.05) is 24.0 Å². The van der Waals surface area contributed by atoms with Crippen LogP contribution in [0, 0.1) is 5.82 Å². The number of hydrogen-bond acceptors (Lipinski definition) is 7. The molecule has 5 rings (SSSR count). The van der Waals surface area contributed by atoms with Crippen molar-refractivity contribution in [1.82, 2.24) is 9.78 Å². The molecule has 32 heavy (non-hydrogen) atoms. The Balaban J connectivity index is 1.53. The highest BCUT2D eigenvalue weighted by Gasteiger charge is 2.31. The van der Waals surface area contributed by atoms with Gasteiger partial charge in [0.2, 0.25) is 0 Å². The Morgan fingerprint density at radius 3 is 2.78 bits per heavy atom. The molecule has 10 heteroatoms. The molecule has 0 amide bonds. The van der Waals surface area contributed by atoms with E-state index < -0.39 is 11.7 Å². The fraction of sp³-hybridized carbons (Fsp3) is 0.364. The molecule has 0 saturated carbocycles. The molecule has 1 saturated heterocycles. The number of carbonyl (C=O) groups excluding carboxylic acids is 1. The molecule has 168 valence electrons. The Bertz CT molecular complexity index is 1140. The van der Waals surface area contributed by atoms with Crippen molar-refractivity contribution in [2.75, 3.05) is 31.7 Å². The van der Waals surface area contributed by atoms with Gasteiger partial charge in [-0.2, -0.15) is 9.78 Å². The average molecular weight is 478 g/mol. The van der Waals surface area contributed by atoms with E-state index in [0.29, 0.717) is 61.6 Å². The number of ether oxygens (including phenoxy) is 3. The SMILES string of the molecule is O=C(c1cccc2c1OCCO2)n1nc(C2CCOCC2)c(F)c1NCc1ccc(Cl)s1. The van der Waals surface area contributed by atoms with Crippen molar-refractivity contribution in [3.05, 3.63) is 56.6 Å². The minimum absolute atomic E-state index is 0.0235. The van der Waals surface area contributed by atoms with E-state index >= 15 is 4.39 Å². The first-order valence-electron chi connectivity index (χ1n) is 10.4. The van der Waals surface area contributed by atoms with E-state index in [9.17, 15) is 4.79 Å². The molecule has 2 aromatic heterocycles. The summed E-state index contributed by atoms with van der Waals surface area (Å²) in [4.78, 5) is 14.4. The van der Waals surface area contributed by atoms with Gasteiger partial charge in [-0.15, -0.1) is 11.3 Å². The number of para-hydroxylation sites is 1. The Morgan fingerprint density at radius 2 is 2.00 bits per heavy atom. The molecule has 1 fully saturated rings. The van der Waals surface area contributed by atoms with Gasteiger partial charge < -0.3 is 19.5 Å². The van der Waals surface area contributed by atoms with E-state index in [-0.39, 0.29) is 23.0 Å². The monoisotopic (exact) mass is 477 g/mol. The number of nitrogens with zero attached hydrogens (tertiary/aromatic N) is 2. The minimum atomic E-state index is -0.519. The number of carbonyl (C=O) groups is 1. The molecule has 3 aromatic rings. The number of benzene rings is 1. The van der Waals surface area contributed by atoms with E-state index in [4.69, 9.17) is 25.8 Å². The van der Waals surface area contributed by atoms with E-state index in [1.807, 2.05) is 6.07 Å². The first-order chi connectivity index (χ1) is 15.6. The number of hydrogen-bond donors (Lipinski definition) is 1. The molecule has 0 unspecified atom stereocenters. The maximum atomic E-state index is 15.6. The van der Waals surface area contributed by atoms with Crippen molar-refractivity contribution in [3.63, 3.8) is 0 Å². The Labute approximate surface area is 193 Å². The topological polar surface area (TPSA) is 74.6 Å². The van der Waals surface area contributed by atoms with Crippen molar-refractivity contribution in [2.45, 2.75) is 25.3 Å². The molecule has 2 aliphatic rings. The molecule has 0 atom stereocenters. The zero-order valence-electron chi connectivity index (χ0n) is 17.1. The highest BCUT2D eigenvalue weighted by molar-refractivity contribution is 7.16. The maximum absolute atomic E-state index is 15.6. The molecular formula is C22H21ClFN3O4S. The number of rotatable bonds is 5. The first-order valence-corrected chi connectivity index (χ1v) is 11.6. The fourth-order valence-electron chi connectivity index (χ4n) is 3.92. The summed E-state index contributed by atoms with van der Waals surface area (Å²) in [6, 6.07) is 8.72. The van der Waals surface area contributed by atoms with Gasteiger partial charge in [-0.05, 0) is 37.1 Å². The van der Waals surface area contributed by atoms with Gasteiger partial charge in [0.05, 0.1) is 16.4 Å². The second-order valence-corrected chi connectivity index (χ2v) is 9.34. The highest BCUT2D eigenvalue weighted by Crippen LogP contribution is 2.36. The standard InChI is InChI=1S/C22H21ClFN3O4S/c23-17-5-4-14(32-17)12-25-21-18(24)19(13-6-8-29-9-7-13)26-27(21)22(28)15-2-1-3-16-20(15)31-11-10-30-16/h1-5,13,25H,6-12H2. The highest BCUT2D eigenvalue weighted by atomic mass is 35.5. The predicted molar refractivity (Wildman–Crippen MR) is 119 cm³/mol. The number of fused-ring (bicyclic) bond motifs is 1. The summed E-state index contributed by atoms with van der Waals surface area (Å²) in [5.74, 6) is -0.259. The lowest BCUT2D eigenvalue weighted by Crippen LogP contribution is -2.22. The van der Waals surface area contributed by atoms with Crippen LogP contribution in [-0.2, 0) is 11.3 Å². The summed E-state index contributed by atoms with van der Waals surface area (Å²) in [6.45, 7) is 2.14. The van der Waals surface area contributed by atoms with Crippen molar-refractivity contribution in [2.24, 2.45) is 0 Å². The Kier molecular flexibility index (Phi) is 6.03. The Morgan fingerprint density at radius 1 is 1.19 bits per heavy atom. The van der Waals surface area contributed by atoms with Gasteiger partial charge in [0.15, 0.2) is 23.1 Å². The van der Waals surface area contributed by atoms with Gasteiger partial charge in [0.25, 0.3) is 5.91 Å². The van der Waals surface area contributed by atoms with Crippen molar-refractivity contribution in [3.8, 4) is 11.5 Å².